The number of aromatic nitrogens is 2. The SMILES string of the molecule is Cc1cc(NC[C@@H]2COCCO2)nnc1-c1ccccc1O. The number of nitrogens with one attached hydrogen (secondary N) is 1. The van der Waals surface area contributed by atoms with Crippen molar-refractivity contribution in [3.05, 3.63) is 35.9 Å². The maximum absolute atomic E-state index is 9.92. The molecule has 1 aliphatic heterocycles. The summed E-state index contributed by atoms with van der Waals surface area (Å²) in [7, 11) is 0. The first-order valence-electron chi connectivity index (χ1n) is 7.30. The Balaban J connectivity index is 1.71. The number of para-hydroxylation sites is 1. The highest BCUT2D eigenvalue weighted by molar-refractivity contribution is 5.69. The molecule has 2 heterocycles. The molecule has 1 aliphatic rings. The zero-order chi connectivity index (χ0) is 15.4. The second-order valence-electron chi connectivity index (χ2n) is 5.23. The van der Waals surface area contributed by atoms with Crippen LogP contribution in [0.1, 0.15) is 5.56 Å². The smallest absolute Gasteiger partial charge is 0.149 e. The first kappa shape index (κ1) is 14.7. The van der Waals surface area contributed by atoms with Crippen LogP contribution in [0.15, 0.2) is 30.3 Å². The lowest BCUT2D eigenvalue weighted by Crippen LogP contribution is -2.34. The van der Waals surface area contributed by atoms with Gasteiger partial charge in [0.25, 0.3) is 0 Å². The van der Waals surface area contributed by atoms with E-state index in [0.29, 0.717) is 43.4 Å². The quantitative estimate of drug-likeness (QED) is 0.899. The molecule has 1 fully saturated rings. The number of phenols is 1. The predicted octanol–water partition coefficient (Wildman–Crippen LogP) is 1.98. The molecular formula is C16H19N3O3. The van der Waals surface area contributed by atoms with Gasteiger partial charge in [-0.05, 0) is 30.7 Å². The van der Waals surface area contributed by atoms with Gasteiger partial charge < -0.3 is 19.9 Å². The van der Waals surface area contributed by atoms with Gasteiger partial charge in [0, 0.05) is 12.1 Å². The van der Waals surface area contributed by atoms with E-state index in [9.17, 15) is 5.11 Å². The molecule has 3 rings (SSSR count). The van der Waals surface area contributed by atoms with Crippen molar-refractivity contribution in [1.82, 2.24) is 10.2 Å². The summed E-state index contributed by atoms with van der Waals surface area (Å²) in [6, 6.07) is 9.03. The van der Waals surface area contributed by atoms with Gasteiger partial charge in [-0.25, -0.2) is 0 Å². The molecule has 1 aromatic carbocycles. The monoisotopic (exact) mass is 301 g/mol. The number of nitrogens with zero attached hydrogens (tertiary/aromatic N) is 2. The van der Waals surface area contributed by atoms with Crippen molar-refractivity contribution in [3.63, 3.8) is 0 Å². The molecule has 0 unspecified atom stereocenters. The molecule has 2 aromatic rings. The second-order valence-corrected chi connectivity index (χ2v) is 5.23. The topological polar surface area (TPSA) is 76.5 Å². The zero-order valence-corrected chi connectivity index (χ0v) is 12.5. The van der Waals surface area contributed by atoms with Crippen molar-refractivity contribution in [2.24, 2.45) is 0 Å². The minimum atomic E-state index is 0.0358. The van der Waals surface area contributed by atoms with Crippen LogP contribution in [0.5, 0.6) is 5.75 Å². The van der Waals surface area contributed by atoms with E-state index in [1.165, 1.54) is 0 Å². The summed E-state index contributed by atoms with van der Waals surface area (Å²) in [6.07, 6.45) is 0.0358. The molecule has 1 saturated heterocycles. The van der Waals surface area contributed by atoms with E-state index in [2.05, 4.69) is 15.5 Å². The van der Waals surface area contributed by atoms with Crippen LogP contribution in [0.4, 0.5) is 5.82 Å². The molecule has 1 aromatic heterocycles. The van der Waals surface area contributed by atoms with Gasteiger partial charge in [-0.2, -0.15) is 0 Å². The Morgan fingerprint density at radius 2 is 2.14 bits per heavy atom. The van der Waals surface area contributed by atoms with Crippen LogP contribution in [0.2, 0.25) is 0 Å². The van der Waals surface area contributed by atoms with Crippen molar-refractivity contribution in [3.8, 4) is 17.0 Å². The third-order valence-electron chi connectivity index (χ3n) is 3.54. The number of rotatable bonds is 4. The Labute approximate surface area is 129 Å². The van der Waals surface area contributed by atoms with Crippen LogP contribution in [-0.4, -0.2) is 47.8 Å². The normalized spacial score (nSPS) is 18.1. The van der Waals surface area contributed by atoms with E-state index in [1.54, 1.807) is 12.1 Å². The fraction of sp³-hybridized carbons (Fsp3) is 0.375. The van der Waals surface area contributed by atoms with E-state index in [-0.39, 0.29) is 11.9 Å². The van der Waals surface area contributed by atoms with Gasteiger partial charge in [0.1, 0.15) is 11.6 Å². The highest BCUT2D eigenvalue weighted by Gasteiger charge is 2.15. The minimum absolute atomic E-state index is 0.0358. The van der Waals surface area contributed by atoms with Crippen LogP contribution in [0.3, 0.4) is 0 Å². The number of benzene rings is 1. The lowest BCUT2D eigenvalue weighted by Gasteiger charge is -2.23. The number of aryl methyl sites for hydroxylation is 1. The van der Waals surface area contributed by atoms with Gasteiger partial charge in [-0.3, -0.25) is 0 Å². The number of anilines is 1. The highest BCUT2D eigenvalue weighted by Crippen LogP contribution is 2.29. The lowest BCUT2D eigenvalue weighted by atomic mass is 10.1. The van der Waals surface area contributed by atoms with Crippen molar-refractivity contribution in [2.75, 3.05) is 31.7 Å². The van der Waals surface area contributed by atoms with E-state index >= 15 is 0 Å². The van der Waals surface area contributed by atoms with Crippen molar-refractivity contribution in [1.29, 1.82) is 0 Å². The number of hydrogen-bond acceptors (Lipinski definition) is 6. The lowest BCUT2D eigenvalue weighted by molar-refractivity contribution is -0.0819. The Morgan fingerprint density at radius 3 is 2.86 bits per heavy atom. The summed E-state index contributed by atoms with van der Waals surface area (Å²) in [5.41, 5.74) is 2.31. The van der Waals surface area contributed by atoms with Gasteiger partial charge in [-0.15, -0.1) is 10.2 Å². The molecule has 0 saturated carbocycles. The Hall–Kier alpha value is -2.18. The molecule has 0 amide bonds. The van der Waals surface area contributed by atoms with Gasteiger partial charge in [0.15, 0.2) is 0 Å². The molecule has 116 valence electrons. The largest absolute Gasteiger partial charge is 0.507 e. The summed E-state index contributed by atoms with van der Waals surface area (Å²) < 4.78 is 10.9. The number of aromatic hydroxyl groups is 1. The van der Waals surface area contributed by atoms with Crippen LogP contribution >= 0.6 is 0 Å². The molecular weight excluding hydrogens is 282 g/mol. The molecule has 6 heteroatoms. The average Bonchev–Trinajstić information content (AvgIpc) is 2.55. The fourth-order valence-electron chi connectivity index (χ4n) is 2.38. The van der Waals surface area contributed by atoms with Crippen LogP contribution in [0.25, 0.3) is 11.3 Å². The van der Waals surface area contributed by atoms with Gasteiger partial charge in [-0.1, -0.05) is 12.1 Å². The zero-order valence-electron chi connectivity index (χ0n) is 12.5. The molecule has 22 heavy (non-hydrogen) atoms. The average molecular weight is 301 g/mol. The van der Waals surface area contributed by atoms with Crippen LogP contribution in [-0.2, 0) is 9.47 Å². The van der Waals surface area contributed by atoms with E-state index in [0.717, 1.165) is 5.56 Å². The predicted molar refractivity (Wildman–Crippen MR) is 82.9 cm³/mol. The summed E-state index contributed by atoms with van der Waals surface area (Å²) >= 11 is 0. The first-order valence-corrected chi connectivity index (χ1v) is 7.30. The molecule has 0 spiro atoms. The van der Waals surface area contributed by atoms with Crippen LogP contribution in [0, 0.1) is 6.92 Å². The summed E-state index contributed by atoms with van der Waals surface area (Å²) in [5, 5.41) is 21.5. The Kier molecular flexibility index (Phi) is 4.50. The van der Waals surface area contributed by atoms with Crippen molar-refractivity contribution in [2.45, 2.75) is 13.0 Å². The summed E-state index contributed by atoms with van der Waals surface area (Å²) in [4.78, 5) is 0. The molecule has 2 N–H and O–H groups in total. The second kappa shape index (κ2) is 6.72. The van der Waals surface area contributed by atoms with Crippen molar-refractivity contribution >= 4 is 5.82 Å². The summed E-state index contributed by atoms with van der Waals surface area (Å²) in [6.45, 7) is 4.45. The third-order valence-corrected chi connectivity index (χ3v) is 3.54. The number of phenolic OH excluding ortho intramolecular Hbond substituents is 1. The molecule has 0 bridgehead atoms. The van der Waals surface area contributed by atoms with E-state index < -0.39 is 0 Å². The van der Waals surface area contributed by atoms with Crippen LogP contribution < -0.4 is 5.32 Å². The van der Waals surface area contributed by atoms with Crippen molar-refractivity contribution < 1.29 is 14.6 Å². The third kappa shape index (κ3) is 3.35. The van der Waals surface area contributed by atoms with Gasteiger partial charge >= 0.3 is 0 Å². The molecule has 0 radical (unpaired) electrons. The Bertz CT molecular complexity index is 642. The minimum Gasteiger partial charge on any atom is -0.507 e. The molecule has 0 aliphatic carbocycles. The highest BCUT2D eigenvalue weighted by atomic mass is 16.6. The maximum atomic E-state index is 9.92. The Morgan fingerprint density at radius 1 is 1.27 bits per heavy atom. The first-order chi connectivity index (χ1) is 10.7. The molecule has 6 nitrogen and oxygen atoms in total. The fourth-order valence-corrected chi connectivity index (χ4v) is 2.38. The summed E-state index contributed by atoms with van der Waals surface area (Å²) in [5.74, 6) is 0.888. The van der Waals surface area contributed by atoms with E-state index in [1.807, 2.05) is 25.1 Å². The number of ether oxygens (including phenoxy) is 2. The van der Waals surface area contributed by atoms with Gasteiger partial charge in [0.2, 0.25) is 0 Å². The maximum Gasteiger partial charge on any atom is 0.149 e. The standard InChI is InChI=1S/C16H19N3O3/c1-11-8-15(17-9-12-10-21-6-7-22-12)18-19-16(11)13-4-2-3-5-14(13)20/h2-5,8,12,20H,6-7,9-10H2,1H3,(H,17,18)/t12-/m1/s1. The van der Waals surface area contributed by atoms with Gasteiger partial charge in [0.05, 0.1) is 31.6 Å². The van der Waals surface area contributed by atoms with E-state index in [4.69, 9.17) is 9.47 Å². The molecule has 1 atom stereocenters. The number of hydrogen-bond donors (Lipinski definition) is 2.